The van der Waals surface area contributed by atoms with Gasteiger partial charge in [0.2, 0.25) is 0 Å². The highest BCUT2D eigenvalue weighted by molar-refractivity contribution is 9.11. The Morgan fingerprint density at radius 1 is 1.29 bits per heavy atom. The van der Waals surface area contributed by atoms with Crippen molar-refractivity contribution >= 4 is 64.9 Å². The summed E-state index contributed by atoms with van der Waals surface area (Å²) in [7, 11) is -3.86. The lowest BCUT2D eigenvalue weighted by Gasteiger charge is -2.11. The van der Waals surface area contributed by atoms with Crippen molar-refractivity contribution in [3.8, 4) is 0 Å². The van der Waals surface area contributed by atoms with Crippen LogP contribution in [-0.4, -0.2) is 19.5 Å². The van der Waals surface area contributed by atoms with Gasteiger partial charge in [-0.3, -0.25) is 4.72 Å². The Hall–Kier alpha value is -0.900. The summed E-state index contributed by atoms with van der Waals surface area (Å²) in [6, 6.07) is 6.32. The number of halogens is 2. The van der Waals surface area contributed by atoms with Gasteiger partial charge in [-0.25, -0.2) is 13.2 Å². The molecule has 0 spiro atoms. The zero-order valence-corrected chi connectivity index (χ0v) is 15.4. The van der Waals surface area contributed by atoms with Crippen molar-refractivity contribution in [1.29, 1.82) is 0 Å². The number of para-hydroxylation sites is 1. The molecule has 0 radical (unpaired) electrons. The van der Waals surface area contributed by atoms with E-state index in [2.05, 4.69) is 36.6 Å². The molecule has 0 atom stereocenters. The number of carboxylic acids is 1. The maximum absolute atomic E-state index is 12.4. The Labute approximate surface area is 142 Å². The molecular formula is C12H9Br2NO4S2. The van der Waals surface area contributed by atoms with Gasteiger partial charge in [0.1, 0.15) is 9.77 Å². The van der Waals surface area contributed by atoms with Crippen molar-refractivity contribution in [1.82, 2.24) is 0 Å². The number of anilines is 1. The third kappa shape index (κ3) is 3.47. The van der Waals surface area contributed by atoms with E-state index in [1.165, 1.54) is 0 Å². The Morgan fingerprint density at radius 3 is 2.33 bits per heavy atom. The minimum atomic E-state index is -3.86. The lowest BCUT2D eigenvalue weighted by molar-refractivity contribution is 0.0702. The Morgan fingerprint density at radius 2 is 1.86 bits per heavy atom. The first-order valence-corrected chi connectivity index (χ1v) is 9.41. The Kier molecular flexibility index (Phi) is 4.76. The summed E-state index contributed by atoms with van der Waals surface area (Å²) in [5.74, 6) is -1.15. The normalized spacial score (nSPS) is 11.4. The second-order valence-corrected chi connectivity index (χ2v) is 8.65. The minimum absolute atomic E-state index is 0.0148. The molecule has 2 aromatic rings. The van der Waals surface area contributed by atoms with Crippen molar-refractivity contribution in [3.05, 3.63) is 43.0 Å². The maximum atomic E-state index is 12.4. The average molecular weight is 455 g/mol. The fraction of sp³-hybridized carbons (Fsp3) is 0.0833. The van der Waals surface area contributed by atoms with Gasteiger partial charge >= 0.3 is 5.97 Å². The van der Waals surface area contributed by atoms with Crippen molar-refractivity contribution in [2.45, 2.75) is 11.8 Å². The van der Waals surface area contributed by atoms with Gasteiger partial charge in [-0.1, -0.05) is 6.07 Å². The van der Waals surface area contributed by atoms with E-state index in [1.54, 1.807) is 25.1 Å². The molecule has 5 nitrogen and oxygen atoms in total. The largest absolute Gasteiger partial charge is 0.477 e. The molecule has 1 aromatic heterocycles. The van der Waals surface area contributed by atoms with Crippen molar-refractivity contribution < 1.29 is 18.3 Å². The van der Waals surface area contributed by atoms with Crippen LogP contribution < -0.4 is 4.72 Å². The number of aromatic carboxylic acids is 1. The Balaban J connectivity index is 2.46. The van der Waals surface area contributed by atoms with E-state index in [-0.39, 0.29) is 9.77 Å². The first-order valence-electron chi connectivity index (χ1n) is 5.53. The summed E-state index contributed by atoms with van der Waals surface area (Å²) < 4.78 is 28.5. The molecule has 21 heavy (non-hydrogen) atoms. The zero-order chi connectivity index (χ0) is 15.8. The molecule has 1 heterocycles. The predicted molar refractivity (Wildman–Crippen MR) is 88.7 cm³/mol. The SMILES string of the molecule is Cc1sc(C(=O)O)cc1S(=O)(=O)Nc1c(Br)cccc1Br. The molecule has 1 aromatic carbocycles. The number of aryl methyl sites for hydroxylation is 1. The second kappa shape index (κ2) is 6.07. The number of thiophene rings is 1. The van der Waals surface area contributed by atoms with Crippen LogP contribution in [0.2, 0.25) is 0 Å². The van der Waals surface area contributed by atoms with E-state index in [4.69, 9.17) is 5.11 Å². The summed E-state index contributed by atoms with van der Waals surface area (Å²) in [6.45, 7) is 1.57. The predicted octanol–water partition coefficient (Wildman–Crippen LogP) is 4.08. The molecule has 0 aliphatic carbocycles. The van der Waals surface area contributed by atoms with Crippen LogP contribution in [0.15, 0.2) is 38.1 Å². The molecule has 9 heteroatoms. The van der Waals surface area contributed by atoms with Gasteiger partial charge in [-0.15, -0.1) is 11.3 Å². The van der Waals surface area contributed by atoms with Gasteiger partial charge < -0.3 is 5.11 Å². The number of carbonyl (C=O) groups is 1. The number of benzene rings is 1. The van der Waals surface area contributed by atoms with Crippen LogP contribution in [0.3, 0.4) is 0 Å². The first-order chi connectivity index (χ1) is 9.72. The number of nitrogens with one attached hydrogen (secondary N) is 1. The van der Waals surface area contributed by atoms with Crippen LogP contribution in [0.4, 0.5) is 5.69 Å². The lowest BCUT2D eigenvalue weighted by atomic mass is 10.3. The molecule has 0 fully saturated rings. The average Bonchev–Trinajstić information content (AvgIpc) is 2.77. The molecule has 0 bridgehead atoms. The highest BCUT2D eigenvalue weighted by Crippen LogP contribution is 2.34. The van der Waals surface area contributed by atoms with E-state index < -0.39 is 16.0 Å². The quantitative estimate of drug-likeness (QED) is 0.728. The van der Waals surface area contributed by atoms with E-state index in [1.807, 2.05) is 0 Å². The van der Waals surface area contributed by atoms with Crippen LogP contribution in [0.1, 0.15) is 14.5 Å². The molecule has 2 rings (SSSR count). The Bertz CT molecular complexity index is 794. The summed E-state index contributed by atoms with van der Waals surface area (Å²) in [5.41, 5.74) is 0.361. The van der Waals surface area contributed by atoms with E-state index in [0.717, 1.165) is 17.4 Å². The molecule has 0 aliphatic rings. The van der Waals surface area contributed by atoms with Crippen LogP contribution in [0.25, 0.3) is 0 Å². The molecule has 112 valence electrons. The van der Waals surface area contributed by atoms with Crippen LogP contribution in [0, 0.1) is 6.92 Å². The third-order valence-electron chi connectivity index (χ3n) is 2.57. The number of hydrogen-bond acceptors (Lipinski definition) is 4. The van der Waals surface area contributed by atoms with Gasteiger partial charge in [-0.05, 0) is 57.0 Å². The fourth-order valence-corrected chi connectivity index (χ4v) is 5.61. The van der Waals surface area contributed by atoms with Gasteiger partial charge in [0.25, 0.3) is 10.0 Å². The van der Waals surface area contributed by atoms with Crippen LogP contribution >= 0.6 is 43.2 Å². The summed E-state index contributed by atoms with van der Waals surface area (Å²) >= 11 is 7.47. The molecule has 0 amide bonds. The van der Waals surface area contributed by atoms with Gasteiger partial charge in [0.15, 0.2) is 0 Å². The molecule has 0 aliphatic heterocycles. The standard InChI is InChI=1S/C12H9Br2NO4S2/c1-6-10(5-9(20-6)12(16)17)21(18,19)15-11-7(13)3-2-4-8(11)14/h2-5,15H,1H3,(H,16,17). The highest BCUT2D eigenvalue weighted by Gasteiger charge is 2.23. The van der Waals surface area contributed by atoms with Gasteiger partial charge in [-0.2, -0.15) is 0 Å². The topological polar surface area (TPSA) is 83.5 Å². The highest BCUT2D eigenvalue weighted by atomic mass is 79.9. The summed E-state index contributed by atoms with van der Waals surface area (Å²) in [6.07, 6.45) is 0. The smallest absolute Gasteiger partial charge is 0.345 e. The number of sulfonamides is 1. The third-order valence-corrected chi connectivity index (χ3v) is 6.54. The molecule has 2 N–H and O–H groups in total. The first kappa shape index (κ1) is 16.5. The van der Waals surface area contributed by atoms with Crippen LogP contribution in [-0.2, 0) is 10.0 Å². The summed E-state index contributed by atoms with van der Waals surface area (Å²) in [5, 5.41) is 8.95. The van der Waals surface area contributed by atoms with Crippen molar-refractivity contribution in [2.24, 2.45) is 0 Å². The molecular weight excluding hydrogens is 446 g/mol. The second-order valence-electron chi connectivity index (χ2n) is 4.04. The zero-order valence-electron chi connectivity index (χ0n) is 10.6. The number of rotatable bonds is 4. The molecule has 0 saturated heterocycles. The van der Waals surface area contributed by atoms with Gasteiger partial charge in [0.05, 0.1) is 5.69 Å². The minimum Gasteiger partial charge on any atom is -0.477 e. The molecule has 0 unspecified atom stereocenters. The monoisotopic (exact) mass is 453 g/mol. The molecule has 0 saturated carbocycles. The lowest BCUT2D eigenvalue weighted by Crippen LogP contribution is -2.14. The van der Waals surface area contributed by atoms with E-state index in [9.17, 15) is 13.2 Å². The number of carboxylic acid groups (broad SMARTS) is 1. The maximum Gasteiger partial charge on any atom is 0.345 e. The van der Waals surface area contributed by atoms with Crippen molar-refractivity contribution in [3.63, 3.8) is 0 Å². The van der Waals surface area contributed by atoms with E-state index in [0.29, 0.717) is 19.5 Å². The van der Waals surface area contributed by atoms with Crippen LogP contribution in [0.5, 0.6) is 0 Å². The van der Waals surface area contributed by atoms with Crippen molar-refractivity contribution in [2.75, 3.05) is 4.72 Å². The van der Waals surface area contributed by atoms with Gasteiger partial charge in [0, 0.05) is 13.8 Å². The summed E-state index contributed by atoms with van der Waals surface area (Å²) in [4.78, 5) is 11.3. The van der Waals surface area contributed by atoms with E-state index >= 15 is 0 Å². The fourth-order valence-electron chi connectivity index (χ4n) is 1.62. The number of hydrogen-bond donors (Lipinski definition) is 2.